The second-order valence-corrected chi connectivity index (χ2v) is 6.03. The Morgan fingerprint density at radius 3 is 2.57 bits per heavy atom. The Morgan fingerprint density at radius 2 is 2.05 bits per heavy atom. The number of hydrogen-bond acceptors (Lipinski definition) is 4. The van der Waals surface area contributed by atoms with Crippen molar-refractivity contribution in [2.75, 3.05) is 13.7 Å². The van der Waals surface area contributed by atoms with Gasteiger partial charge in [0.2, 0.25) is 0 Å². The van der Waals surface area contributed by atoms with Gasteiger partial charge in [-0.25, -0.2) is 4.79 Å². The Bertz CT molecular complexity index is 481. The molecule has 0 aliphatic rings. The fraction of sp³-hybridized carbons (Fsp3) is 0.562. The van der Waals surface area contributed by atoms with Gasteiger partial charge in [-0.05, 0) is 51.3 Å². The van der Waals surface area contributed by atoms with Gasteiger partial charge in [0, 0.05) is 12.6 Å². The van der Waals surface area contributed by atoms with Crippen LogP contribution in [0.25, 0.3) is 0 Å². The van der Waals surface area contributed by atoms with Crippen molar-refractivity contribution in [3.05, 3.63) is 29.3 Å². The summed E-state index contributed by atoms with van der Waals surface area (Å²) in [4.78, 5) is 11.8. The molecule has 118 valence electrons. The van der Waals surface area contributed by atoms with Crippen molar-refractivity contribution in [2.45, 2.75) is 45.8 Å². The molecule has 5 nitrogen and oxygen atoms in total. The second-order valence-electron chi connectivity index (χ2n) is 6.03. The van der Waals surface area contributed by atoms with Gasteiger partial charge in [0.1, 0.15) is 11.4 Å². The Balaban J connectivity index is 2.73. The zero-order valence-electron chi connectivity index (χ0n) is 13.5. The summed E-state index contributed by atoms with van der Waals surface area (Å²) in [5.74, 6) is 0.834. The first-order chi connectivity index (χ1) is 9.76. The normalized spacial score (nSPS) is 12.7. The van der Waals surface area contributed by atoms with Crippen LogP contribution in [0.15, 0.2) is 18.2 Å². The lowest BCUT2D eigenvalue weighted by Gasteiger charge is -2.23. The number of amides is 1. The van der Waals surface area contributed by atoms with Gasteiger partial charge in [0.15, 0.2) is 0 Å². The highest BCUT2D eigenvalue weighted by atomic mass is 16.6. The van der Waals surface area contributed by atoms with Crippen LogP contribution in [0.1, 0.15) is 31.9 Å². The number of ether oxygens (including phenoxy) is 2. The van der Waals surface area contributed by atoms with E-state index in [1.54, 1.807) is 7.11 Å². The summed E-state index contributed by atoms with van der Waals surface area (Å²) in [6.45, 7) is 7.83. The molecule has 21 heavy (non-hydrogen) atoms. The average Bonchev–Trinajstić information content (AvgIpc) is 2.38. The maximum absolute atomic E-state index is 11.8. The molecule has 1 unspecified atom stereocenters. The minimum Gasteiger partial charge on any atom is -0.496 e. The van der Waals surface area contributed by atoms with Crippen molar-refractivity contribution in [1.29, 1.82) is 0 Å². The predicted molar refractivity (Wildman–Crippen MR) is 83.6 cm³/mol. The third-order valence-corrected chi connectivity index (χ3v) is 3.09. The van der Waals surface area contributed by atoms with Gasteiger partial charge < -0.3 is 20.5 Å². The van der Waals surface area contributed by atoms with Crippen molar-refractivity contribution >= 4 is 6.09 Å². The molecule has 0 bridgehead atoms. The van der Waals surface area contributed by atoms with E-state index in [1.807, 2.05) is 45.9 Å². The molecular formula is C16H26N2O3. The average molecular weight is 294 g/mol. The van der Waals surface area contributed by atoms with Crippen LogP contribution in [0.3, 0.4) is 0 Å². The van der Waals surface area contributed by atoms with Crippen LogP contribution < -0.4 is 15.8 Å². The Morgan fingerprint density at radius 1 is 1.38 bits per heavy atom. The Labute approximate surface area is 126 Å². The molecule has 5 heteroatoms. The smallest absolute Gasteiger partial charge is 0.407 e. The molecule has 0 saturated carbocycles. The van der Waals surface area contributed by atoms with Crippen LogP contribution in [0.5, 0.6) is 5.75 Å². The van der Waals surface area contributed by atoms with Gasteiger partial charge in [0.05, 0.1) is 7.11 Å². The highest BCUT2D eigenvalue weighted by molar-refractivity contribution is 5.68. The van der Waals surface area contributed by atoms with E-state index in [1.165, 1.54) is 0 Å². The molecule has 0 spiro atoms. The van der Waals surface area contributed by atoms with E-state index in [-0.39, 0.29) is 6.04 Å². The molecular weight excluding hydrogens is 268 g/mol. The lowest BCUT2D eigenvalue weighted by Crippen LogP contribution is -2.44. The lowest BCUT2D eigenvalue weighted by atomic mass is 10.0. The van der Waals surface area contributed by atoms with E-state index < -0.39 is 11.7 Å². The minimum atomic E-state index is -0.519. The van der Waals surface area contributed by atoms with E-state index in [0.717, 1.165) is 16.9 Å². The standard InChI is InChI=1S/C16H26N2O3/c1-11-12(7-6-8-14(11)20-5)9-13(10-17)18-15(19)21-16(2,3)4/h6-8,13H,9-10,17H2,1-5H3,(H,18,19). The lowest BCUT2D eigenvalue weighted by molar-refractivity contribution is 0.0506. The number of hydrogen-bond donors (Lipinski definition) is 2. The van der Waals surface area contributed by atoms with Crippen molar-refractivity contribution in [3.8, 4) is 5.75 Å². The third kappa shape index (κ3) is 5.63. The monoisotopic (exact) mass is 294 g/mol. The quantitative estimate of drug-likeness (QED) is 0.874. The highest BCUT2D eigenvalue weighted by Gasteiger charge is 2.19. The number of methoxy groups -OCH3 is 1. The van der Waals surface area contributed by atoms with E-state index in [9.17, 15) is 4.79 Å². The van der Waals surface area contributed by atoms with Crippen molar-refractivity contribution in [1.82, 2.24) is 5.32 Å². The zero-order chi connectivity index (χ0) is 16.0. The fourth-order valence-electron chi connectivity index (χ4n) is 2.04. The fourth-order valence-corrected chi connectivity index (χ4v) is 2.04. The largest absolute Gasteiger partial charge is 0.496 e. The number of nitrogens with one attached hydrogen (secondary N) is 1. The molecule has 0 aromatic heterocycles. The summed E-state index contributed by atoms with van der Waals surface area (Å²) < 4.78 is 10.6. The number of alkyl carbamates (subject to hydrolysis) is 1. The van der Waals surface area contributed by atoms with Crippen LogP contribution in [-0.4, -0.2) is 31.4 Å². The first-order valence-electron chi connectivity index (χ1n) is 7.09. The zero-order valence-corrected chi connectivity index (χ0v) is 13.5. The molecule has 1 atom stereocenters. The maximum atomic E-state index is 11.8. The predicted octanol–water partition coefficient (Wildman–Crippen LogP) is 2.40. The molecule has 1 aromatic rings. The summed E-state index contributed by atoms with van der Waals surface area (Å²) in [6.07, 6.45) is 0.192. The number of rotatable bonds is 5. The van der Waals surface area contributed by atoms with Gasteiger partial charge in [0.25, 0.3) is 0 Å². The Hall–Kier alpha value is -1.75. The van der Waals surface area contributed by atoms with Crippen molar-refractivity contribution < 1.29 is 14.3 Å². The van der Waals surface area contributed by atoms with Crippen molar-refractivity contribution in [2.24, 2.45) is 5.73 Å². The van der Waals surface area contributed by atoms with Gasteiger partial charge in [-0.1, -0.05) is 12.1 Å². The third-order valence-electron chi connectivity index (χ3n) is 3.09. The minimum absolute atomic E-state index is 0.175. The van der Waals surface area contributed by atoms with Crippen molar-refractivity contribution in [3.63, 3.8) is 0 Å². The topological polar surface area (TPSA) is 73.6 Å². The first kappa shape index (κ1) is 17.3. The second kappa shape index (κ2) is 7.31. The van der Waals surface area contributed by atoms with Gasteiger partial charge in [-0.3, -0.25) is 0 Å². The van der Waals surface area contributed by atoms with Gasteiger partial charge >= 0.3 is 6.09 Å². The SMILES string of the molecule is COc1cccc(CC(CN)NC(=O)OC(C)(C)C)c1C. The molecule has 0 aliphatic carbocycles. The van der Waals surface area contributed by atoms with Gasteiger partial charge in [-0.15, -0.1) is 0 Å². The first-order valence-corrected chi connectivity index (χ1v) is 7.09. The molecule has 1 aromatic carbocycles. The summed E-state index contributed by atoms with van der Waals surface area (Å²) in [5, 5.41) is 2.81. The molecule has 3 N–H and O–H groups in total. The molecule has 0 heterocycles. The Kier molecular flexibility index (Phi) is 6.03. The number of benzene rings is 1. The van der Waals surface area contributed by atoms with E-state index >= 15 is 0 Å². The van der Waals surface area contributed by atoms with Crippen LogP contribution in [0.4, 0.5) is 4.79 Å². The number of carbonyl (C=O) groups excluding carboxylic acids is 1. The summed E-state index contributed by atoms with van der Waals surface area (Å²) >= 11 is 0. The molecule has 0 aliphatic heterocycles. The van der Waals surface area contributed by atoms with E-state index in [4.69, 9.17) is 15.2 Å². The number of nitrogens with two attached hydrogens (primary N) is 1. The summed E-state index contributed by atoms with van der Waals surface area (Å²) in [7, 11) is 1.64. The maximum Gasteiger partial charge on any atom is 0.407 e. The summed E-state index contributed by atoms with van der Waals surface area (Å²) in [6, 6.07) is 5.68. The van der Waals surface area contributed by atoms with Crippen LogP contribution in [0.2, 0.25) is 0 Å². The molecule has 1 rings (SSSR count). The van der Waals surface area contributed by atoms with Crippen LogP contribution in [-0.2, 0) is 11.2 Å². The number of carbonyl (C=O) groups is 1. The summed E-state index contributed by atoms with van der Waals surface area (Å²) in [5.41, 5.74) is 7.39. The van der Waals surface area contributed by atoms with Crippen LogP contribution >= 0.6 is 0 Å². The molecule has 0 radical (unpaired) electrons. The van der Waals surface area contributed by atoms with E-state index in [2.05, 4.69) is 5.32 Å². The molecule has 0 saturated heterocycles. The van der Waals surface area contributed by atoms with Gasteiger partial charge in [-0.2, -0.15) is 0 Å². The van der Waals surface area contributed by atoms with Crippen LogP contribution in [0, 0.1) is 6.92 Å². The van der Waals surface area contributed by atoms with E-state index in [0.29, 0.717) is 13.0 Å². The highest BCUT2D eigenvalue weighted by Crippen LogP contribution is 2.22. The molecule has 1 amide bonds. The molecule has 0 fully saturated rings.